The first kappa shape index (κ1) is 30.8. The van der Waals surface area contributed by atoms with E-state index in [-0.39, 0.29) is 65.0 Å². The molecular weight excluding hydrogens is 594 g/mol. The molecule has 2 amide bonds. The van der Waals surface area contributed by atoms with Gasteiger partial charge in [-0.2, -0.15) is 4.98 Å². The second-order valence-corrected chi connectivity index (χ2v) is 15.3. The largest absolute Gasteiger partial charge is 0.475 e. The zero-order valence-electron chi connectivity index (χ0n) is 26.5. The maximum absolute atomic E-state index is 14.4. The Morgan fingerprint density at radius 1 is 1.00 bits per heavy atom. The first-order valence-corrected chi connectivity index (χ1v) is 16.6. The van der Waals surface area contributed by atoms with E-state index in [1.54, 1.807) is 30.1 Å². The number of aryl methyl sites for hydroxylation is 2. The first-order valence-electron chi connectivity index (χ1n) is 15.1. The Bertz CT molecular complexity index is 1760. The van der Waals surface area contributed by atoms with Crippen molar-refractivity contribution in [2.75, 3.05) is 25.0 Å². The molecule has 11 nitrogen and oxygen atoms in total. The first-order chi connectivity index (χ1) is 21.2. The predicted molar refractivity (Wildman–Crippen MR) is 169 cm³/mol. The van der Waals surface area contributed by atoms with E-state index in [0.717, 1.165) is 16.7 Å². The fourth-order valence-corrected chi connectivity index (χ4v) is 7.75. The van der Waals surface area contributed by atoms with Crippen molar-refractivity contribution in [1.29, 1.82) is 0 Å². The molecule has 1 aliphatic carbocycles. The summed E-state index contributed by atoms with van der Waals surface area (Å²) in [5, 5.41) is 0. The normalized spacial score (nSPS) is 24.5. The van der Waals surface area contributed by atoms with Crippen molar-refractivity contribution in [2.24, 2.45) is 5.41 Å². The summed E-state index contributed by atoms with van der Waals surface area (Å²) in [6, 6.07) is 13.0. The Hall–Kier alpha value is -4.19. The number of hydrogen-bond donors (Lipinski definition) is 1. The number of fused-ring (bicyclic) bond motifs is 4. The number of sulfonamides is 1. The van der Waals surface area contributed by atoms with E-state index in [2.05, 4.69) is 35.5 Å². The Kier molecular flexibility index (Phi) is 7.54. The minimum atomic E-state index is -4.17. The number of hydrogen-bond acceptors (Lipinski definition) is 8. The summed E-state index contributed by atoms with van der Waals surface area (Å²) >= 11 is 0. The number of nitrogens with zero attached hydrogens (tertiary/aromatic N) is 4. The molecule has 45 heavy (non-hydrogen) atoms. The number of anilines is 1. The number of nitrogens with one attached hydrogen (secondary N) is 1. The lowest BCUT2D eigenvalue weighted by Crippen LogP contribution is -2.65. The highest BCUT2D eigenvalue weighted by atomic mass is 32.2. The number of rotatable bonds is 3. The number of cyclic esters (lactones) is 1. The molecule has 6 rings (SSSR count). The van der Waals surface area contributed by atoms with Crippen molar-refractivity contribution < 1.29 is 27.5 Å². The van der Waals surface area contributed by atoms with Gasteiger partial charge in [0.2, 0.25) is 11.8 Å². The maximum Gasteiger partial charge on any atom is 0.410 e. The number of aromatic nitrogens is 2. The zero-order valence-corrected chi connectivity index (χ0v) is 27.3. The third-order valence-electron chi connectivity index (χ3n) is 9.03. The minimum absolute atomic E-state index is 0.0805. The van der Waals surface area contributed by atoms with Gasteiger partial charge >= 0.3 is 6.09 Å². The standard InChI is InChI=1S/C33H39N5O6S/c1-20-9-7-10-21(2)28(20)26-14-27-35-30(34-26)36-45(41,42)25-12-8-11-22(13-25)29(39)38(24(18-43-27)15-32(3,4)5)23-16-33(17-23)19-44-31(40)37(33)6/h7-14,23-24H,15-19H2,1-6H3,(H,34,35,36)/t23?,24-,33?/m1/s1. The monoisotopic (exact) mass is 633 g/mol. The van der Waals surface area contributed by atoms with E-state index in [4.69, 9.17) is 9.47 Å². The molecule has 1 spiro atoms. The van der Waals surface area contributed by atoms with Gasteiger partial charge in [0.05, 0.1) is 22.2 Å². The summed E-state index contributed by atoms with van der Waals surface area (Å²) in [6.07, 6.45) is 1.31. The number of likely N-dealkylation sites (N-methyl/N-ethyl adjacent to an activating group) is 1. The van der Waals surface area contributed by atoms with Crippen LogP contribution in [0.4, 0.5) is 10.7 Å². The fraction of sp³-hybridized carbons (Fsp3) is 0.455. The van der Waals surface area contributed by atoms with Crippen LogP contribution in [0.3, 0.4) is 0 Å². The molecule has 4 bridgehead atoms. The highest BCUT2D eigenvalue weighted by Gasteiger charge is 2.57. The van der Waals surface area contributed by atoms with Crippen LogP contribution < -0.4 is 9.46 Å². The number of benzene rings is 2. The number of amides is 2. The third kappa shape index (κ3) is 5.83. The van der Waals surface area contributed by atoms with Crippen LogP contribution in [0, 0.1) is 19.3 Å². The molecule has 1 saturated heterocycles. The number of ether oxygens (including phenoxy) is 2. The van der Waals surface area contributed by atoms with E-state index >= 15 is 0 Å². The molecule has 2 aliphatic heterocycles. The van der Waals surface area contributed by atoms with E-state index < -0.39 is 15.6 Å². The topological polar surface area (TPSA) is 131 Å². The van der Waals surface area contributed by atoms with Crippen molar-refractivity contribution in [3.8, 4) is 17.1 Å². The molecule has 2 aromatic carbocycles. The third-order valence-corrected chi connectivity index (χ3v) is 10.4. The minimum Gasteiger partial charge on any atom is -0.475 e. The van der Waals surface area contributed by atoms with Gasteiger partial charge in [-0.1, -0.05) is 45.0 Å². The van der Waals surface area contributed by atoms with Crippen LogP contribution in [0.25, 0.3) is 11.3 Å². The van der Waals surface area contributed by atoms with Crippen molar-refractivity contribution in [2.45, 2.75) is 76.4 Å². The van der Waals surface area contributed by atoms with Crippen LogP contribution in [0.15, 0.2) is 53.4 Å². The van der Waals surface area contributed by atoms with Gasteiger partial charge in [0, 0.05) is 30.3 Å². The van der Waals surface area contributed by atoms with Crippen molar-refractivity contribution in [3.63, 3.8) is 0 Å². The van der Waals surface area contributed by atoms with Gasteiger partial charge in [-0.25, -0.2) is 22.9 Å². The van der Waals surface area contributed by atoms with E-state index in [0.29, 0.717) is 25.0 Å². The summed E-state index contributed by atoms with van der Waals surface area (Å²) in [4.78, 5) is 39.1. The molecule has 238 valence electrons. The van der Waals surface area contributed by atoms with Crippen LogP contribution in [0.2, 0.25) is 0 Å². The van der Waals surface area contributed by atoms with Gasteiger partial charge in [0.15, 0.2) is 0 Å². The molecule has 1 aromatic heterocycles. The van der Waals surface area contributed by atoms with Crippen LogP contribution in [-0.2, 0) is 14.8 Å². The fourth-order valence-electron chi connectivity index (χ4n) is 6.76. The number of carbonyl (C=O) groups excluding carboxylic acids is 2. The van der Waals surface area contributed by atoms with Gasteiger partial charge in [-0.15, -0.1) is 0 Å². The highest BCUT2D eigenvalue weighted by molar-refractivity contribution is 7.92. The Labute approximate surface area is 264 Å². The molecule has 0 unspecified atom stereocenters. The Morgan fingerprint density at radius 2 is 1.69 bits per heavy atom. The lowest BCUT2D eigenvalue weighted by Gasteiger charge is -2.53. The molecule has 1 N–H and O–H groups in total. The van der Waals surface area contributed by atoms with Crippen LogP contribution in [0.1, 0.15) is 61.5 Å². The smallest absolute Gasteiger partial charge is 0.410 e. The Morgan fingerprint density at radius 3 is 2.33 bits per heavy atom. The summed E-state index contributed by atoms with van der Waals surface area (Å²) in [5.41, 5.74) is 2.90. The van der Waals surface area contributed by atoms with Gasteiger partial charge in [0.1, 0.15) is 13.2 Å². The second-order valence-electron chi connectivity index (χ2n) is 13.7. The number of carbonyl (C=O) groups is 2. The molecule has 3 heterocycles. The van der Waals surface area contributed by atoms with Gasteiger partial charge in [0.25, 0.3) is 15.9 Å². The van der Waals surface area contributed by atoms with Gasteiger partial charge < -0.3 is 19.3 Å². The van der Waals surface area contributed by atoms with E-state index in [9.17, 15) is 18.0 Å². The molecule has 0 radical (unpaired) electrons. The SMILES string of the molecule is Cc1cccc(C)c1-c1cc2nc(n1)NS(=O)(=O)c1cccc(c1)C(=O)N(C1CC3(COC(=O)N3C)C1)[C@H](CC(C)(C)C)CO2. The lowest BCUT2D eigenvalue weighted by atomic mass is 9.71. The lowest BCUT2D eigenvalue weighted by molar-refractivity contribution is -0.0272. The molecular formula is C33H39N5O6S. The average Bonchev–Trinajstić information content (AvgIpc) is 3.24. The van der Waals surface area contributed by atoms with Crippen molar-refractivity contribution in [1.82, 2.24) is 19.8 Å². The molecule has 12 heteroatoms. The average molecular weight is 634 g/mol. The Balaban J connectivity index is 1.47. The summed E-state index contributed by atoms with van der Waals surface area (Å²) in [5.74, 6) is -0.233. The molecule has 2 fully saturated rings. The van der Waals surface area contributed by atoms with E-state index in [1.807, 2.05) is 36.9 Å². The molecule has 3 aromatic rings. The molecule has 3 aliphatic rings. The molecule has 1 saturated carbocycles. The summed E-state index contributed by atoms with van der Waals surface area (Å²) < 4.78 is 41.5. The highest BCUT2D eigenvalue weighted by Crippen LogP contribution is 2.45. The quantitative estimate of drug-likeness (QED) is 0.417. The van der Waals surface area contributed by atoms with Crippen molar-refractivity contribution >= 4 is 28.0 Å². The van der Waals surface area contributed by atoms with Gasteiger partial charge in [-0.05, 0) is 67.9 Å². The van der Waals surface area contributed by atoms with Crippen LogP contribution >= 0.6 is 0 Å². The van der Waals surface area contributed by atoms with Gasteiger partial charge in [-0.3, -0.25) is 4.79 Å². The zero-order chi connectivity index (χ0) is 32.3. The maximum atomic E-state index is 14.4. The van der Waals surface area contributed by atoms with Crippen LogP contribution in [0.5, 0.6) is 5.88 Å². The van der Waals surface area contributed by atoms with Crippen LogP contribution in [-0.4, -0.2) is 78.1 Å². The predicted octanol–water partition coefficient (Wildman–Crippen LogP) is 5.18. The summed E-state index contributed by atoms with van der Waals surface area (Å²) in [6.45, 7) is 10.6. The second kappa shape index (κ2) is 11.0. The van der Waals surface area contributed by atoms with E-state index in [1.165, 1.54) is 12.1 Å². The van der Waals surface area contributed by atoms with Crippen molar-refractivity contribution in [3.05, 3.63) is 65.2 Å². The molecule has 1 atom stereocenters. The summed E-state index contributed by atoms with van der Waals surface area (Å²) in [7, 11) is -2.44.